The van der Waals surface area contributed by atoms with Gasteiger partial charge in [0.25, 0.3) is 0 Å². The highest BCUT2D eigenvalue weighted by atomic mass is 35.5. The van der Waals surface area contributed by atoms with Crippen LogP contribution in [0.3, 0.4) is 0 Å². The average Bonchev–Trinajstić information content (AvgIpc) is 3.18. The number of para-hydroxylation sites is 1. The Bertz CT molecular complexity index is 856. The first-order valence-corrected chi connectivity index (χ1v) is 9.40. The van der Waals surface area contributed by atoms with E-state index in [1.807, 2.05) is 65.5 Å². The maximum Gasteiger partial charge on any atom is 0.190 e. The minimum absolute atomic E-state index is 0.764. The lowest BCUT2D eigenvalue weighted by Crippen LogP contribution is -2.39. The summed E-state index contributed by atoms with van der Waals surface area (Å²) >= 11 is 5.91. The Kier molecular flexibility index (Phi) is 6.88. The molecule has 0 spiro atoms. The highest BCUT2D eigenvalue weighted by Gasteiger charge is 2.02. The maximum atomic E-state index is 5.91. The predicted molar refractivity (Wildman–Crippen MR) is 112 cm³/mol. The molecule has 0 amide bonds. The number of hydrogen-bond acceptors (Lipinski definition) is 2. The number of nitrogens with one attached hydrogen (secondary N) is 2. The van der Waals surface area contributed by atoms with Crippen molar-refractivity contribution in [3.05, 3.63) is 83.1 Å². The summed E-state index contributed by atoms with van der Waals surface area (Å²) < 4.78 is 1.90. The SMILES string of the molecule is CN=C(NCCc1ccc(Cl)cc1)NCCc1cnn(-c2ccccc2)c1. The van der Waals surface area contributed by atoms with Gasteiger partial charge in [0, 0.05) is 31.4 Å². The number of guanidine groups is 1. The lowest BCUT2D eigenvalue weighted by Gasteiger charge is -2.11. The zero-order chi connectivity index (χ0) is 18.9. The van der Waals surface area contributed by atoms with Crippen molar-refractivity contribution < 1.29 is 0 Å². The molecular formula is C21H24ClN5. The van der Waals surface area contributed by atoms with Crippen molar-refractivity contribution in [1.29, 1.82) is 0 Å². The molecule has 0 bridgehead atoms. The molecule has 0 radical (unpaired) electrons. The second-order valence-electron chi connectivity index (χ2n) is 6.18. The molecule has 0 saturated carbocycles. The lowest BCUT2D eigenvalue weighted by molar-refractivity contribution is 0.784. The van der Waals surface area contributed by atoms with Crippen LogP contribution in [-0.2, 0) is 12.8 Å². The van der Waals surface area contributed by atoms with Crippen LogP contribution in [0.25, 0.3) is 5.69 Å². The van der Waals surface area contributed by atoms with E-state index >= 15 is 0 Å². The minimum atomic E-state index is 0.764. The fourth-order valence-corrected chi connectivity index (χ4v) is 2.86. The summed E-state index contributed by atoms with van der Waals surface area (Å²) in [6.07, 6.45) is 5.77. The first kappa shape index (κ1) is 19.0. The summed E-state index contributed by atoms with van der Waals surface area (Å²) in [5, 5.41) is 11.9. The van der Waals surface area contributed by atoms with Crippen molar-refractivity contribution in [2.45, 2.75) is 12.8 Å². The van der Waals surface area contributed by atoms with Gasteiger partial charge in [0.2, 0.25) is 0 Å². The van der Waals surface area contributed by atoms with Gasteiger partial charge in [-0.2, -0.15) is 5.10 Å². The molecule has 0 aliphatic carbocycles. The molecule has 140 valence electrons. The van der Waals surface area contributed by atoms with Crippen LogP contribution in [0.1, 0.15) is 11.1 Å². The first-order valence-electron chi connectivity index (χ1n) is 9.02. The fourth-order valence-electron chi connectivity index (χ4n) is 2.73. The van der Waals surface area contributed by atoms with Gasteiger partial charge in [-0.1, -0.05) is 41.9 Å². The third-order valence-corrected chi connectivity index (χ3v) is 4.46. The molecule has 0 unspecified atom stereocenters. The normalized spacial score (nSPS) is 11.4. The molecular weight excluding hydrogens is 358 g/mol. The summed E-state index contributed by atoms with van der Waals surface area (Å²) in [6, 6.07) is 18.0. The van der Waals surface area contributed by atoms with E-state index in [1.165, 1.54) is 11.1 Å². The van der Waals surface area contributed by atoms with Gasteiger partial charge in [-0.3, -0.25) is 4.99 Å². The van der Waals surface area contributed by atoms with E-state index in [-0.39, 0.29) is 0 Å². The molecule has 1 aromatic heterocycles. The quantitative estimate of drug-likeness (QED) is 0.486. The van der Waals surface area contributed by atoms with Gasteiger partial charge >= 0.3 is 0 Å². The summed E-state index contributed by atoms with van der Waals surface area (Å²) in [5.41, 5.74) is 3.50. The average molecular weight is 382 g/mol. The van der Waals surface area contributed by atoms with Crippen LogP contribution in [0.15, 0.2) is 72.0 Å². The van der Waals surface area contributed by atoms with Gasteiger partial charge in [-0.15, -0.1) is 0 Å². The third kappa shape index (κ3) is 5.86. The van der Waals surface area contributed by atoms with Gasteiger partial charge in [0.05, 0.1) is 11.9 Å². The molecule has 2 N–H and O–H groups in total. The molecule has 0 atom stereocenters. The van der Waals surface area contributed by atoms with E-state index in [9.17, 15) is 0 Å². The van der Waals surface area contributed by atoms with E-state index < -0.39 is 0 Å². The number of aromatic nitrogens is 2. The number of benzene rings is 2. The number of rotatable bonds is 7. The van der Waals surface area contributed by atoms with Gasteiger partial charge < -0.3 is 10.6 Å². The molecule has 6 heteroatoms. The second kappa shape index (κ2) is 9.78. The van der Waals surface area contributed by atoms with Crippen molar-refractivity contribution in [3.63, 3.8) is 0 Å². The van der Waals surface area contributed by atoms with Crippen molar-refractivity contribution in [1.82, 2.24) is 20.4 Å². The maximum absolute atomic E-state index is 5.91. The van der Waals surface area contributed by atoms with E-state index in [0.29, 0.717) is 0 Å². The Labute approximate surface area is 165 Å². The molecule has 0 fully saturated rings. The molecule has 3 aromatic rings. The Morgan fingerprint density at radius 3 is 2.30 bits per heavy atom. The van der Waals surface area contributed by atoms with E-state index in [0.717, 1.165) is 42.6 Å². The molecule has 0 saturated heterocycles. The topological polar surface area (TPSA) is 54.2 Å². The zero-order valence-electron chi connectivity index (χ0n) is 15.4. The molecule has 0 aliphatic heterocycles. The molecule has 2 aromatic carbocycles. The number of halogens is 1. The third-order valence-electron chi connectivity index (χ3n) is 4.21. The Morgan fingerprint density at radius 2 is 1.63 bits per heavy atom. The van der Waals surface area contributed by atoms with Crippen molar-refractivity contribution >= 4 is 17.6 Å². The van der Waals surface area contributed by atoms with Crippen molar-refractivity contribution in [2.24, 2.45) is 4.99 Å². The van der Waals surface area contributed by atoms with Gasteiger partial charge in [-0.05, 0) is 48.2 Å². The summed E-state index contributed by atoms with van der Waals surface area (Å²) in [5.74, 6) is 0.805. The van der Waals surface area contributed by atoms with Crippen LogP contribution in [0.5, 0.6) is 0 Å². The van der Waals surface area contributed by atoms with Crippen LogP contribution >= 0.6 is 11.6 Å². The van der Waals surface area contributed by atoms with Crippen LogP contribution < -0.4 is 10.6 Å². The van der Waals surface area contributed by atoms with Gasteiger partial charge in [0.1, 0.15) is 0 Å². The Morgan fingerprint density at radius 1 is 0.963 bits per heavy atom. The molecule has 1 heterocycles. The smallest absolute Gasteiger partial charge is 0.190 e. The van der Waals surface area contributed by atoms with Crippen LogP contribution in [0.4, 0.5) is 0 Å². The predicted octanol–water partition coefficient (Wildman–Crippen LogP) is 3.48. The van der Waals surface area contributed by atoms with Crippen LogP contribution in [0, 0.1) is 0 Å². The number of aliphatic imine (C=N–C) groups is 1. The lowest BCUT2D eigenvalue weighted by atomic mass is 10.1. The zero-order valence-corrected chi connectivity index (χ0v) is 16.2. The monoisotopic (exact) mass is 381 g/mol. The number of nitrogens with zero attached hydrogens (tertiary/aromatic N) is 3. The van der Waals surface area contributed by atoms with Crippen LogP contribution in [0.2, 0.25) is 5.02 Å². The minimum Gasteiger partial charge on any atom is -0.356 e. The fraction of sp³-hybridized carbons (Fsp3) is 0.238. The van der Waals surface area contributed by atoms with E-state index in [4.69, 9.17) is 11.6 Å². The first-order chi connectivity index (χ1) is 13.2. The second-order valence-corrected chi connectivity index (χ2v) is 6.62. The molecule has 0 aliphatic rings. The standard InChI is InChI=1S/C21H24ClN5/c1-23-21(24-13-11-17-7-9-19(22)10-8-17)25-14-12-18-15-26-27(16-18)20-5-3-2-4-6-20/h2-10,15-16H,11-14H2,1H3,(H2,23,24,25). The molecule has 5 nitrogen and oxygen atoms in total. The van der Waals surface area contributed by atoms with Gasteiger partial charge in [0.15, 0.2) is 5.96 Å². The highest BCUT2D eigenvalue weighted by Crippen LogP contribution is 2.09. The van der Waals surface area contributed by atoms with Gasteiger partial charge in [-0.25, -0.2) is 4.68 Å². The summed E-state index contributed by atoms with van der Waals surface area (Å²) in [7, 11) is 1.78. The van der Waals surface area contributed by atoms with Crippen LogP contribution in [-0.4, -0.2) is 35.9 Å². The van der Waals surface area contributed by atoms with E-state index in [1.54, 1.807) is 7.05 Å². The molecule has 3 rings (SSSR count). The summed E-state index contributed by atoms with van der Waals surface area (Å²) in [4.78, 5) is 4.27. The largest absolute Gasteiger partial charge is 0.356 e. The summed E-state index contributed by atoms with van der Waals surface area (Å²) in [6.45, 7) is 1.61. The highest BCUT2D eigenvalue weighted by molar-refractivity contribution is 6.30. The Balaban J connectivity index is 1.41. The number of hydrogen-bond donors (Lipinski definition) is 2. The Hall–Kier alpha value is -2.79. The van der Waals surface area contributed by atoms with Crippen molar-refractivity contribution in [3.8, 4) is 5.69 Å². The van der Waals surface area contributed by atoms with Crippen molar-refractivity contribution in [2.75, 3.05) is 20.1 Å². The molecule has 27 heavy (non-hydrogen) atoms. The van der Waals surface area contributed by atoms with E-state index in [2.05, 4.69) is 26.9 Å².